The quantitative estimate of drug-likeness (QED) is 0.427. The third-order valence-electron chi connectivity index (χ3n) is 4.71. The van der Waals surface area contributed by atoms with Gasteiger partial charge >= 0.3 is 0 Å². The first-order valence-electron chi connectivity index (χ1n) is 10.8. The number of ether oxygens (including phenoxy) is 3. The zero-order valence-electron chi connectivity index (χ0n) is 19.2. The van der Waals surface area contributed by atoms with Crippen LogP contribution in [0.3, 0.4) is 0 Å². The molecule has 0 aliphatic heterocycles. The molecule has 1 unspecified atom stereocenters. The first-order valence-corrected chi connectivity index (χ1v) is 10.8. The van der Waals surface area contributed by atoms with E-state index in [0.717, 1.165) is 11.4 Å². The highest BCUT2D eigenvalue weighted by atomic mass is 16.5. The Balaban J connectivity index is 1.67. The van der Waals surface area contributed by atoms with Crippen LogP contribution in [0.1, 0.15) is 55.5 Å². The van der Waals surface area contributed by atoms with E-state index >= 15 is 0 Å². The number of rotatable bonds is 9. The Bertz CT molecular complexity index is 1050. The minimum Gasteiger partial charge on any atom is -0.491 e. The molecule has 0 saturated carbocycles. The Labute approximate surface area is 189 Å². The molecule has 0 spiro atoms. The van der Waals surface area contributed by atoms with Crippen molar-refractivity contribution in [2.45, 2.75) is 46.8 Å². The predicted molar refractivity (Wildman–Crippen MR) is 126 cm³/mol. The summed E-state index contributed by atoms with van der Waals surface area (Å²) in [6.07, 6.45) is 0.000758. The van der Waals surface area contributed by atoms with Gasteiger partial charge in [0.15, 0.2) is 0 Å². The topological polar surface area (TPSA) is 69.7 Å². The van der Waals surface area contributed by atoms with Crippen molar-refractivity contribution >= 4 is 11.6 Å². The van der Waals surface area contributed by atoms with E-state index in [1.165, 1.54) is 0 Å². The van der Waals surface area contributed by atoms with Gasteiger partial charge in [-0.25, -0.2) is 0 Å². The molecule has 1 atom stereocenters. The maximum Gasteiger partial charge on any atom is 0.257 e. The Morgan fingerprint density at radius 2 is 1.69 bits per heavy atom. The molecule has 2 aromatic carbocycles. The Morgan fingerprint density at radius 3 is 2.34 bits per heavy atom. The van der Waals surface area contributed by atoms with E-state index in [1.54, 1.807) is 12.1 Å². The third-order valence-corrected chi connectivity index (χ3v) is 4.71. The number of aromatic nitrogens is 1. The largest absolute Gasteiger partial charge is 0.491 e. The fraction of sp³-hybridized carbons (Fsp3) is 0.308. The maximum absolute atomic E-state index is 12.8. The van der Waals surface area contributed by atoms with Crippen LogP contribution in [-0.4, -0.2) is 23.6 Å². The molecule has 168 valence electrons. The maximum atomic E-state index is 12.8. The number of nitrogens with zero attached hydrogens (tertiary/aromatic N) is 1. The van der Waals surface area contributed by atoms with Crippen molar-refractivity contribution in [2.75, 3.05) is 11.9 Å². The Kier molecular flexibility index (Phi) is 7.84. The van der Waals surface area contributed by atoms with E-state index in [-0.39, 0.29) is 18.1 Å². The van der Waals surface area contributed by atoms with Gasteiger partial charge in [0.1, 0.15) is 17.2 Å². The standard InChI is InChI=1S/C26H30N2O4/c1-6-30-19(5)25-15-14-24(18(4)27-25)26(29)28-20-8-7-9-23(16-20)32-22-12-10-21(11-13-22)31-17(2)3/h7-17,19H,6H2,1-5H3,(H,28,29). The van der Waals surface area contributed by atoms with E-state index < -0.39 is 0 Å². The molecule has 0 bridgehead atoms. The molecule has 32 heavy (non-hydrogen) atoms. The van der Waals surface area contributed by atoms with E-state index in [2.05, 4.69) is 10.3 Å². The summed E-state index contributed by atoms with van der Waals surface area (Å²) >= 11 is 0. The SMILES string of the molecule is CCOC(C)c1ccc(C(=O)Nc2cccc(Oc3ccc(OC(C)C)cc3)c2)c(C)n1. The summed E-state index contributed by atoms with van der Waals surface area (Å²) < 4.78 is 17.2. The first kappa shape index (κ1) is 23.3. The second-order valence-electron chi connectivity index (χ2n) is 7.69. The summed E-state index contributed by atoms with van der Waals surface area (Å²) in [5, 5.41) is 2.92. The van der Waals surface area contributed by atoms with E-state index in [0.29, 0.717) is 35.1 Å². The highest BCUT2D eigenvalue weighted by molar-refractivity contribution is 6.05. The smallest absolute Gasteiger partial charge is 0.257 e. The fourth-order valence-electron chi connectivity index (χ4n) is 3.21. The van der Waals surface area contributed by atoms with Gasteiger partial charge in [-0.05, 0) is 83.1 Å². The Hall–Kier alpha value is -3.38. The van der Waals surface area contributed by atoms with Crippen molar-refractivity contribution < 1.29 is 19.0 Å². The van der Waals surface area contributed by atoms with Gasteiger partial charge in [-0.15, -0.1) is 0 Å². The molecular formula is C26H30N2O4. The number of pyridine rings is 1. The molecule has 0 aliphatic carbocycles. The molecule has 0 aliphatic rings. The average Bonchev–Trinajstić information content (AvgIpc) is 2.75. The number of carbonyl (C=O) groups excluding carboxylic acids is 1. The van der Waals surface area contributed by atoms with Crippen LogP contribution in [-0.2, 0) is 4.74 Å². The third kappa shape index (κ3) is 6.31. The van der Waals surface area contributed by atoms with Gasteiger partial charge in [-0.1, -0.05) is 6.07 Å². The van der Waals surface area contributed by atoms with E-state index in [1.807, 2.05) is 83.1 Å². The van der Waals surface area contributed by atoms with Gasteiger partial charge in [0.05, 0.1) is 29.2 Å². The summed E-state index contributed by atoms with van der Waals surface area (Å²) in [5.74, 6) is 1.87. The molecule has 1 heterocycles. The number of aryl methyl sites for hydroxylation is 1. The second kappa shape index (κ2) is 10.8. The molecule has 1 amide bonds. The summed E-state index contributed by atoms with van der Waals surface area (Å²) in [5.41, 5.74) is 2.62. The van der Waals surface area contributed by atoms with E-state index in [9.17, 15) is 4.79 Å². The number of hydrogen-bond acceptors (Lipinski definition) is 5. The number of anilines is 1. The van der Waals surface area contributed by atoms with Crippen LogP contribution in [0, 0.1) is 6.92 Å². The van der Waals surface area contributed by atoms with Crippen molar-refractivity contribution in [2.24, 2.45) is 0 Å². The highest BCUT2D eigenvalue weighted by Crippen LogP contribution is 2.27. The molecule has 1 aromatic heterocycles. The number of carbonyl (C=O) groups is 1. The number of benzene rings is 2. The summed E-state index contributed by atoms with van der Waals surface area (Å²) in [7, 11) is 0. The lowest BCUT2D eigenvalue weighted by molar-refractivity contribution is 0.0732. The van der Waals surface area contributed by atoms with Crippen LogP contribution in [0.25, 0.3) is 0 Å². The average molecular weight is 435 g/mol. The molecule has 3 aromatic rings. The summed E-state index contributed by atoms with van der Waals surface area (Å²) in [4.78, 5) is 17.3. The molecular weight excluding hydrogens is 404 g/mol. The molecule has 0 fully saturated rings. The lowest BCUT2D eigenvalue weighted by Crippen LogP contribution is -2.15. The normalized spacial score (nSPS) is 11.8. The predicted octanol–water partition coefficient (Wildman–Crippen LogP) is 6.32. The van der Waals surface area contributed by atoms with Gasteiger partial charge in [0, 0.05) is 18.4 Å². The van der Waals surface area contributed by atoms with Gasteiger partial charge in [0.2, 0.25) is 0 Å². The summed E-state index contributed by atoms with van der Waals surface area (Å²) in [6.45, 7) is 10.3. The fourth-order valence-corrected chi connectivity index (χ4v) is 3.21. The highest BCUT2D eigenvalue weighted by Gasteiger charge is 2.14. The van der Waals surface area contributed by atoms with Crippen LogP contribution < -0.4 is 14.8 Å². The van der Waals surface area contributed by atoms with E-state index in [4.69, 9.17) is 14.2 Å². The van der Waals surface area contributed by atoms with Crippen LogP contribution >= 0.6 is 0 Å². The molecule has 0 radical (unpaired) electrons. The minimum atomic E-state index is -0.224. The lowest BCUT2D eigenvalue weighted by atomic mass is 10.1. The first-order chi connectivity index (χ1) is 15.4. The van der Waals surface area contributed by atoms with Crippen molar-refractivity contribution in [1.82, 2.24) is 4.98 Å². The van der Waals surface area contributed by atoms with Crippen molar-refractivity contribution in [3.8, 4) is 17.2 Å². The number of nitrogens with one attached hydrogen (secondary N) is 1. The zero-order valence-corrected chi connectivity index (χ0v) is 19.2. The molecule has 6 nitrogen and oxygen atoms in total. The van der Waals surface area contributed by atoms with Gasteiger partial charge in [-0.2, -0.15) is 0 Å². The zero-order chi connectivity index (χ0) is 23.1. The second-order valence-corrected chi connectivity index (χ2v) is 7.69. The van der Waals surface area contributed by atoms with Crippen molar-refractivity contribution in [3.05, 3.63) is 77.6 Å². The van der Waals surface area contributed by atoms with Gasteiger partial charge in [-0.3, -0.25) is 9.78 Å². The van der Waals surface area contributed by atoms with Crippen LogP contribution in [0.5, 0.6) is 17.2 Å². The monoisotopic (exact) mass is 434 g/mol. The number of hydrogen-bond donors (Lipinski definition) is 1. The summed E-state index contributed by atoms with van der Waals surface area (Å²) in [6, 6.07) is 18.3. The van der Waals surface area contributed by atoms with Crippen LogP contribution in [0.15, 0.2) is 60.7 Å². The minimum absolute atomic E-state index is 0.115. The molecule has 3 rings (SSSR count). The lowest BCUT2D eigenvalue weighted by Gasteiger charge is -2.14. The molecule has 0 saturated heterocycles. The van der Waals surface area contributed by atoms with Crippen LogP contribution in [0.2, 0.25) is 0 Å². The molecule has 6 heteroatoms. The Morgan fingerprint density at radius 1 is 0.969 bits per heavy atom. The van der Waals surface area contributed by atoms with Crippen molar-refractivity contribution in [3.63, 3.8) is 0 Å². The van der Waals surface area contributed by atoms with Gasteiger partial charge < -0.3 is 19.5 Å². The van der Waals surface area contributed by atoms with Gasteiger partial charge in [0.25, 0.3) is 5.91 Å². The molecule has 1 N–H and O–H groups in total. The van der Waals surface area contributed by atoms with Crippen LogP contribution in [0.4, 0.5) is 5.69 Å². The number of amides is 1. The van der Waals surface area contributed by atoms with Crippen molar-refractivity contribution in [1.29, 1.82) is 0 Å².